The zero-order chi connectivity index (χ0) is 28.2. The van der Waals surface area contributed by atoms with Crippen molar-refractivity contribution in [1.82, 2.24) is 29.3 Å². The van der Waals surface area contributed by atoms with Gasteiger partial charge in [0.2, 0.25) is 6.29 Å². The van der Waals surface area contributed by atoms with Gasteiger partial charge in [-0.05, 0) is 53.7 Å². The van der Waals surface area contributed by atoms with E-state index in [1.165, 1.54) is 17.1 Å². The van der Waals surface area contributed by atoms with Gasteiger partial charge in [-0.3, -0.25) is 0 Å². The van der Waals surface area contributed by atoms with Crippen LogP contribution in [-0.2, 0) is 17.1 Å². The first-order valence-corrected chi connectivity index (χ1v) is 13.5. The third-order valence-corrected chi connectivity index (χ3v) is 6.56. The maximum atomic E-state index is 8.00. The molecule has 0 fully saturated rings. The van der Waals surface area contributed by atoms with Crippen LogP contribution >= 0.6 is 0 Å². The molecule has 3 heterocycles. The van der Waals surface area contributed by atoms with E-state index in [9.17, 15) is 0 Å². The first-order valence-electron chi connectivity index (χ1n) is 13.5. The van der Waals surface area contributed by atoms with Crippen LogP contribution in [0.25, 0.3) is 0 Å². The van der Waals surface area contributed by atoms with E-state index in [1.807, 2.05) is 0 Å². The van der Waals surface area contributed by atoms with Crippen molar-refractivity contribution in [3.63, 3.8) is 0 Å². The minimum atomic E-state index is -0.292. The molecule has 0 N–H and O–H groups in total. The molecule has 0 amide bonds. The quantitative estimate of drug-likeness (QED) is 0.147. The second kappa shape index (κ2) is 14.1. The summed E-state index contributed by atoms with van der Waals surface area (Å²) in [6.07, 6.45) is -0.292. The Kier molecular flexibility index (Phi) is 12.4. The molecule has 0 aliphatic rings. The average molecular weight is 576 g/mol. The number of hydrogen-bond acceptors (Lipinski definition) is 6. The van der Waals surface area contributed by atoms with Crippen molar-refractivity contribution in [2.75, 3.05) is 0 Å². The molecule has 0 saturated heterocycles. The van der Waals surface area contributed by atoms with Crippen LogP contribution in [0.5, 0.6) is 0 Å². The number of rotatable bonds is 9. The first-order chi connectivity index (χ1) is 17.2. The first kappa shape index (κ1) is 33.6. The van der Waals surface area contributed by atoms with Crippen LogP contribution in [0.4, 0.5) is 0 Å². The fourth-order valence-corrected chi connectivity index (χ4v) is 4.29. The molecule has 38 heavy (non-hydrogen) atoms. The van der Waals surface area contributed by atoms with Crippen molar-refractivity contribution in [2.24, 2.45) is 5.34 Å². The van der Waals surface area contributed by atoms with Crippen LogP contribution in [0.1, 0.15) is 159 Å². The third-order valence-electron chi connectivity index (χ3n) is 6.56. The van der Waals surface area contributed by atoms with E-state index in [2.05, 4.69) is 115 Å². The molecule has 0 bridgehead atoms. The predicted molar refractivity (Wildman–Crippen MR) is 150 cm³/mol. The van der Waals surface area contributed by atoms with E-state index in [0.717, 1.165) is 22.4 Å². The second-order valence-electron chi connectivity index (χ2n) is 11.7. The molecule has 3 aromatic rings. The normalized spacial score (nSPS) is 11.8. The maximum absolute atomic E-state index is 8.00. The average Bonchev–Trinajstić information content (AvgIpc) is 3.52. The Morgan fingerprint density at radius 3 is 0.921 bits per heavy atom. The molecule has 10 heteroatoms. The molecular weight excluding hydrogens is 530 g/mol. The largest absolute Gasteiger partial charge is 1.00 e. The second-order valence-corrected chi connectivity index (χ2v) is 11.7. The summed E-state index contributed by atoms with van der Waals surface area (Å²) in [5, 5.41) is 24.6. The van der Waals surface area contributed by atoms with E-state index < -0.39 is 0 Å². The molecule has 9 nitrogen and oxygen atoms in total. The van der Waals surface area contributed by atoms with E-state index in [-0.39, 0.29) is 23.4 Å². The Morgan fingerprint density at radius 2 is 0.763 bits per heavy atom. The third kappa shape index (κ3) is 7.35. The molecular formula is C28H46CuN7O2. The Hall–Kier alpha value is -2.45. The van der Waals surface area contributed by atoms with Gasteiger partial charge in [0.15, 0.2) is 0 Å². The summed E-state index contributed by atoms with van der Waals surface area (Å²) in [6.45, 7) is 26.7. The van der Waals surface area contributed by atoms with Gasteiger partial charge >= 0.3 is 17.1 Å². The van der Waals surface area contributed by atoms with Gasteiger partial charge in [-0.1, -0.05) is 83.1 Å². The molecule has 0 unspecified atom stereocenters. The minimum Gasteiger partial charge on any atom is -0.444 e. The van der Waals surface area contributed by atoms with E-state index in [4.69, 9.17) is 25.4 Å². The van der Waals surface area contributed by atoms with Gasteiger partial charge in [0, 0.05) is 17.1 Å². The van der Waals surface area contributed by atoms with Crippen molar-refractivity contribution in [1.29, 1.82) is 0 Å². The number of nitrogens with zero attached hydrogens (tertiary/aromatic N) is 7. The van der Waals surface area contributed by atoms with E-state index in [1.54, 1.807) is 0 Å². The molecule has 216 valence electrons. The van der Waals surface area contributed by atoms with Crippen molar-refractivity contribution in [3.05, 3.63) is 62.5 Å². The van der Waals surface area contributed by atoms with Gasteiger partial charge in [0.05, 0.1) is 17.1 Å². The van der Waals surface area contributed by atoms with Crippen LogP contribution in [0.15, 0.2) is 23.5 Å². The molecule has 0 saturated carbocycles. The summed E-state index contributed by atoms with van der Waals surface area (Å²) in [6, 6.07) is 6.81. The Labute approximate surface area is 238 Å². The Balaban J connectivity index is 0.00000172. The maximum Gasteiger partial charge on any atom is 1.00 e. The zero-order valence-corrected chi connectivity index (χ0v) is 26.0. The van der Waals surface area contributed by atoms with Crippen LogP contribution in [0.3, 0.4) is 0 Å². The van der Waals surface area contributed by atoms with Crippen molar-refractivity contribution < 1.29 is 17.1 Å². The summed E-state index contributed by atoms with van der Waals surface area (Å²) in [5.74, 6) is 2.02. The summed E-state index contributed by atoms with van der Waals surface area (Å²) in [4.78, 5) is 8.00. The standard InChI is InChI=1S/C28H46N6.Cu.HNO2/c1-16(2)22-13-25(19(7)8)32(29-22)28(33-26(20(9)10)14-23(30-33)17(3)4)34-27(21(11)12)15-24(31-34)18(5)6;;2-1-3/h13-21,28H,1-12H3;;(H,2,3)/q;+1;/p-1. The SMILES string of the molecule is CC(C)c1cc(C(C)C)n(C(n2nc(C(C)C)cc2C(C)C)n2nc(C(C)C)cc2C(C)C)n1.O=N[O-].[Cu+]. The molecule has 0 spiro atoms. The van der Waals surface area contributed by atoms with Gasteiger partial charge in [-0.15, -0.1) is 5.34 Å². The molecule has 0 aliphatic carbocycles. The van der Waals surface area contributed by atoms with Gasteiger partial charge in [-0.25, -0.2) is 14.0 Å². The van der Waals surface area contributed by atoms with Gasteiger partial charge in [0.1, 0.15) is 0 Å². The molecule has 3 aromatic heterocycles. The van der Waals surface area contributed by atoms with Crippen LogP contribution < -0.4 is 0 Å². The summed E-state index contributed by atoms with van der Waals surface area (Å²) in [7, 11) is 0. The molecule has 0 aromatic carbocycles. The topological polar surface area (TPSA) is 106 Å². The van der Waals surface area contributed by atoms with Crippen LogP contribution in [0, 0.1) is 10.1 Å². The Bertz CT molecular complexity index is 1020. The van der Waals surface area contributed by atoms with Crippen molar-refractivity contribution >= 4 is 0 Å². The van der Waals surface area contributed by atoms with Crippen LogP contribution in [-0.4, -0.2) is 29.3 Å². The summed E-state index contributed by atoms with van der Waals surface area (Å²) < 4.78 is 6.56. The molecule has 0 atom stereocenters. The fourth-order valence-electron chi connectivity index (χ4n) is 4.29. The van der Waals surface area contributed by atoms with E-state index >= 15 is 0 Å². The Morgan fingerprint density at radius 1 is 0.553 bits per heavy atom. The molecule has 0 radical (unpaired) electrons. The van der Waals surface area contributed by atoms with Gasteiger partial charge < -0.3 is 10.1 Å². The summed E-state index contributed by atoms with van der Waals surface area (Å²) in [5.41, 5.74) is 6.96. The van der Waals surface area contributed by atoms with E-state index in [0.29, 0.717) is 35.5 Å². The predicted octanol–water partition coefficient (Wildman–Crippen LogP) is 7.82. The number of hydrogen-bond donors (Lipinski definition) is 0. The van der Waals surface area contributed by atoms with Crippen molar-refractivity contribution in [2.45, 2.75) is 125 Å². The fraction of sp³-hybridized carbons (Fsp3) is 0.679. The smallest absolute Gasteiger partial charge is 0.444 e. The van der Waals surface area contributed by atoms with Gasteiger partial charge in [-0.2, -0.15) is 15.3 Å². The monoisotopic (exact) mass is 575 g/mol. The minimum absolute atomic E-state index is 0. The van der Waals surface area contributed by atoms with Crippen molar-refractivity contribution in [3.8, 4) is 0 Å². The molecule has 0 aliphatic heterocycles. The molecule has 3 rings (SSSR count). The summed E-state index contributed by atoms with van der Waals surface area (Å²) >= 11 is 0. The zero-order valence-electron chi connectivity index (χ0n) is 25.0. The van der Waals surface area contributed by atoms with Gasteiger partial charge in [0.25, 0.3) is 0 Å². The number of aromatic nitrogens is 6. The van der Waals surface area contributed by atoms with Crippen LogP contribution in [0.2, 0.25) is 0 Å².